The smallest absolute Gasteiger partial charge is 0.255 e. The molecule has 0 unspecified atom stereocenters. The molecular weight excluding hydrogens is 332 g/mol. The van der Waals surface area contributed by atoms with Crippen molar-refractivity contribution in [2.75, 3.05) is 6.67 Å². The van der Waals surface area contributed by atoms with Crippen molar-refractivity contribution in [3.63, 3.8) is 0 Å². The van der Waals surface area contributed by atoms with E-state index in [1.807, 2.05) is 30.3 Å². The number of rotatable bonds is 3. The fourth-order valence-corrected chi connectivity index (χ4v) is 2.83. The van der Waals surface area contributed by atoms with Gasteiger partial charge in [0, 0.05) is 22.1 Å². The van der Waals surface area contributed by atoms with E-state index in [2.05, 4.69) is 21.2 Å². The molecule has 0 fully saturated rings. The van der Waals surface area contributed by atoms with Gasteiger partial charge in [0.15, 0.2) is 0 Å². The van der Waals surface area contributed by atoms with Crippen LogP contribution in [0, 0.1) is 0 Å². The van der Waals surface area contributed by atoms with E-state index in [1.165, 1.54) is 0 Å². The van der Waals surface area contributed by atoms with Gasteiger partial charge >= 0.3 is 0 Å². The normalized spacial score (nSPS) is 13.2. The molecule has 1 heterocycles. The number of amides is 2. The molecule has 0 atom stereocenters. The van der Waals surface area contributed by atoms with Gasteiger partial charge in [-0.15, -0.1) is 0 Å². The largest absolute Gasteiger partial charge is 0.334 e. The summed E-state index contributed by atoms with van der Waals surface area (Å²) in [6, 6.07) is 14.5. The first-order valence-corrected chi connectivity index (χ1v) is 7.36. The van der Waals surface area contributed by atoms with E-state index in [0.717, 1.165) is 10.0 Å². The van der Waals surface area contributed by atoms with Gasteiger partial charge in [0.25, 0.3) is 11.8 Å². The molecular formula is C16H13BrN2O2. The monoisotopic (exact) mass is 344 g/mol. The van der Waals surface area contributed by atoms with Crippen molar-refractivity contribution >= 4 is 27.7 Å². The van der Waals surface area contributed by atoms with E-state index in [9.17, 15) is 9.59 Å². The van der Waals surface area contributed by atoms with E-state index in [4.69, 9.17) is 0 Å². The zero-order valence-corrected chi connectivity index (χ0v) is 12.8. The lowest BCUT2D eigenvalue weighted by atomic mass is 10.1. The molecule has 0 aliphatic carbocycles. The second-order valence-electron chi connectivity index (χ2n) is 4.80. The van der Waals surface area contributed by atoms with Crippen LogP contribution in [0.4, 0.5) is 0 Å². The Morgan fingerprint density at radius 2 is 1.90 bits per heavy atom. The minimum Gasteiger partial charge on any atom is -0.334 e. The molecule has 2 aromatic carbocycles. The molecule has 5 heteroatoms. The Bertz CT molecular complexity index is 701. The lowest BCUT2D eigenvalue weighted by Crippen LogP contribution is -2.37. The topological polar surface area (TPSA) is 49.4 Å². The number of nitrogens with zero attached hydrogens (tertiary/aromatic N) is 1. The molecule has 0 aromatic heterocycles. The Balaban J connectivity index is 1.67. The number of benzene rings is 2. The Morgan fingerprint density at radius 1 is 1.14 bits per heavy atom. The number of halogens is 1. The third-order valence-corrected chi connectivity index (χ3v) is 4.19. The Hall–Kier alpha value is -2.14. The Kier molecular flexibility index (Phi) is 3.75. The molecule has 106 valence electrons. The second-order valence-corrected chi connectivity index (χ2v) is 5.65. The summed E-state index contributed by atoms with van der Waals surface area (Å²) < 4.78 is 0.922. The van der Waals surface area contributed by atoms with Crippen molar-refractivity contribution in [2.24, 2.45) is 0 Å². The van der Waals surface area contributed by atoms with Gasteiger partial charge < -0.3 is 10.2 Å². The number of carbonyl (C=O) groups excluding carboxylic acids is 2. The Labute approximate surface area is 130 Å². The van der Waals surface area contributed by atoms with Crippen LogP contribution in [0.2, 0.25) is 0 Å². The van der Waals surface area contributed by atoms with Crippen molar-refractivity contribution in [2.45, 2.75) is 6.54 Å². The van der Waals surface area contributed by atoms with Crippen LogP contribution in [0.3, 0.4) is 0 Å². The van der Waals surface area contributed by atoms with E-state index in [1.54, 1.807) is 23.1 Å². The van der Waals surface area contributed by atoms with Crippen LogP contribution in [-0.4, -0.2) is 23.4 Å². The first-order valence-electron chi connectivity index (χ1n) is 6.57. The summed E-state index contributed by atoms with van der Waals surface area (Å²) >= 11 is 3.45. The maximum absolute atomic E-state index is 12.3. The summed E-state index contributed by atoms with van der Waals surface area (Å²) in [5.74, 6) is -0.238. The lowest BCUT2D eigenvalue weighted by molar-refractivity contribution is 0.0746. The number of hydrogen-bond donors (Lipinski definition) is 1. The quantitative estimate of drug-likeness (QED) is 0.930. The molecule has 1 aliphatic rings. The van der Waals surface area contributed by atoms with Crippen LogP contribution in [0.5, 0.6) is 0 Å². The molecule has 0 spiro atoms. The van der Waals surface area contributed by atoms with Gasteiger partial charge in [-0.25, -0.2) is 0 Å². The maximum Gasteiger partial charge on any atom is 0.255 e. The molecule has 21 heavy (non-hydrogen) atoms. The third-order valence-electron chi connectivity index (χ3n) is 3.45. The van der Waals surface area contributed by atoms with Gasteiger partial charge in [0.2, 0.25) is 0 Å². The predicted molar refractivity (Wildman–Crippen MR) is 82.8 cm³/mol. The average molecular weight is 345 g/mol. The van der Waals surface area contributed by atoms with E-state index in [0.29, 0.717) is 17.7 Å². The molecule has 0 radical (unpaired) electrons. The zero-order valence-electron chi connectivity index (χ0n) is 11.2. The summed E-state index contributed by atoms with van der Waals surface area (Å²) in [6.07, 6.45) is 0. The summed E-state index contributed by atoms with van der Waals surface area (Å²) in [4.78, 5) is 25.9. The fourth-order valence-electron chi connectivity index (χ4n) is 2.34. The third kappa shape index (κ3) is 2.69. The molecule has 1 N–H and O–H groups in total. The average Bonchev–Trinajstić information content (AvgIpc) is 2.84. The predicted octanol–water partition coefficient (Wildman–Crippen LogP) is 2.79. The maximum atomic E-state index is 12.3. The van der Waals surface area contributed by atoms with E-state index in [-0.39, 0.29) is 18.5 Å². The van der Waals surface area contributed by atoms with E-state index >= 15 is 0 Å². The van der Waals surface area contributed by atoms with Crippen molar-refractivity contribution in [1.82, 2.24) is 10.2 Å². The van der Waals surface area contributed by atoms with Gasteiger partial charge in [0.05, 0.1) is 6.67 Å². The molecule has 2 amide bonds. The van der Waals surface area contributed by atoms with Gasteiger partial charge in [-0.1, -0.05) is 40.2 Å². The second kappa shape index (κ2) is 5.69. The molecule has 3 rings (SSSR count). The number of nitrogens with one attached hydrogen (secondary N) is 1. The van der Waals surface area contributed by atoms with Gasteiger partial charge in [0.1, 0.15) is 0 Å². The van der Waals surface area contributed by atoms with Crippen LogP contribution in [0.15, 0.2) is 53.0 Å². The summed E-state index contributed by atoms with van der Waals surface area (Å²) in [5, 5.41) is 2.78. The van der Waals surface area contributed by atoms with Crippen LogP contribution < -0.4 is 5.32 Å². The minimum atomic E-state index is -0.182. The van der Waals surface area contributed by atoms with Crippen molar-refractivity contribution in [3.8, 4) is 0 Å². The molecule has 1 aliphatic heterocycles. The number of hydrogen-bond acceptors (Lipinski definition) is 2. The van der Waals surface area contributed by atoms with Crippen molar-refractivity contribution < 1.29 is 9.59 Å². The first-order chi connectivity index (χ1) is 10.2. The zero-order chi connectivity index (χ0) is 14.8. The summed E-state index contributed by atoms with van der Waals surface area (Å²) in [5.41, 5.74) is 2.25. The number of fused-ring (bicyclic) bond motifs is 1. The van der Waals surface area contributed by atoms with Gasteiger partial charge in [-0.2, -0.15) is 0 Å². The fraction of sp³-hybridized carbons (Fsp3) is 0.125. The molecule has 0 saturated carbocycles. The Morgan fingerprint density at radius 3 is 2.62 bits per heavy atom. The molecule has 0 bridgehead atoms. The molecule has 2 aromatic rings. The molecule has 0 saturated heterocycles. The van der Waals surface area contributed by atoms with Crippen molar-refractivity contribution in [3.05, 3.63) is 69.7 Å². The number of carbonyl (C=O) groups is 2. The highest BCUT2D eigenvalue weighted by molar-refractivity contribution is 9.10. The highest BCUT2D eigenvalue weighted by Crippen LogP contribution is 2.28. The molecule has 4 nitrogen and oxygen atoms in total. The highest BCUT2D eigenvalue weighted by atomic mass is 79.9. The lowest BCUT2D eigenvalue weighted by Gasteiger charge is -2.16. The SMILES string of the molecule is O=C(NCN1Cc2c(Br)cccc2C1=O)c1ccccc1. The van der Waals surface area contributed by atoms with Gasteiger partial charge in [-0.05, 0) is 29.8 Å². The van der Waals surface area contributed by atoms with Crippen LogP contribution >= 0.6 is 15.9 Å². The van der Waals surface area contributed by atoms with Crippen LogP contribution in [-0.2, 0) is 6.54 Å². The standard InChI is InChI=1S/C16H13BrN2O2/c17-14-8-4-7-12-13(14)9-19(16(12)21)10-18-15(20)11-5-2-1-3-6-11/h1-8H,9-10H2,(H,18,20). The van der Waals surface area contributed by atoms with Crippen molar-refractivity contribution in [1.29, 1.82) is 0 Å². The summed E-state index contributed by atoms with van der Waals surface area (Å²) in [6.45, 7) is 0.707. The highest BCUT2D eigenvalue weighted by Gasteiger charge is 2.28. The first kappa shape index (κ1) is 13.8. The summed E-state index contributed by atoms with van der Waals surface area (Å²) in [7, 11) is 0. The van der Waals surface area contributed by atoms with Crippen LogP contribution in [0.1, 0.15) is 26.3 Å². The van der Waals surface area contributed by atoms with Crippen LogP contribution in [0.25, 0.3) is 0 Å². The van der Waals surface area contributed by atoms with Gasteiger partial charge in [-0.3, -0.25) is 9.59 Å². The van der Waals surface area contributed by atoms with E-state index < -0.39 is 0 Å². The minimum absolute atomic E-state index is 0.0559.